The molecule has 2 bridgehead atoms. The van der Waals surface area contributed by atoms with E-state index in [-0.39, 0.29) is 27.9 Å². The fourth-order valence-corrected chi connectivity index (χ4v) is 6.45. The molecule has 1 unspecified atom stereocenters. The van der Waals surface area contributed by atoms with Gasteiger partial charge in [0, 0.05) is 39.0 Å². The Morgan fingerprint density at radius 3 is 2.42 bits per heavy atom. The van der Waals surface area contributed by atoms with E-state index in [4.69, 9.17) is 16.3 Å². The second-order valence-electron chi connectivity index (χ2n) is 7.11. The molecule has 4 rings (SSSR count). The molecule has 1 aliphatic heterocycles. The van der Waals surface area contributed by atoms with Crippen LogP contribution in [0.4, 0.5) is 0 Å². The number of halogens is 1. The molecule has 0 N–H and O–H groups in total. The number of aryl methyl sites for hydroxylation is 1. The first kappa shape index (κ1) is 18.0. The summed E-state index contributed by atoms with van der Waals surface area (Å²) in [6.45, 7) is 0.994. The molecular weight excluding hydrogens is 374 g/mol. The van der Waals surface area contributed by atoms with E-state index in [0.29, 0.717) is 13.1 Å². The van der Waals surface area contributed by atoms with Gasteiger partial charge in [-0.3, -0.25) is 4.68 Å². The van der Waals surface area contributed by atoms with Gasteiger partial charge in [0.1, 0.15) is 4.90 Å². The highest BCUT2D eigenvalue weighted by molar-refractivity contribution is 7.89. The Labute approximate surface area is 158 Å². The highest BCUT2D eigenvalue weighted by Crippen LogP contribution is 2.41. The summed E-state index contributed by atoms with van der Waals surface area (Å²) < 4.78 is 35.2. The molecule has 2 aliphatic rings. The van der Waals surface area contributed by atoms with E-state index in [9.17, 15) is 8.42 Å². The van der Waals surface area contributed by atoms with Crippen LogP contribution in [0.2, 0.25) is 5.02 Å². The zero-order valence-corrected chi connectivity index (χ0v) is 16.4. The number of rotatable bonds is 4. The summed E-state index contributed by atoms with van der Waals surface area (Å²) in [6, 6.07) is 6.95. The highest BCUT2D eigenvalue weighted by Gasteiger charge is 2.46. The molecule has 8 heteroatoms. The number of hydrogen-bond donors (Lipinski definition) is 0. The number of aromatic nitrogens is 2. The molecule has 26 heavy (non-hydrogen) atoms. The Kier molecular flexibility index (Phi) is 4.59. The molecule has 0 amide bonds. The molecule has 1 aromatic heterocycles. The minimum atomic E-state index is -3.62. The molecule has 1 aliphatic carbocycles. The van der Waals surface area contributed by atoms with Crippen molar-refractivity contribution in [2.24, 2.45) is 18.9 Å². The van der Waals surface area contributed by atoms with Crippen LogP contribution < -0.4 is 0 Å². The van der Waals surface area contributed by atoms with Crippen LogP contribution in [0, 0.1) is 11.8 Å². The minimum absolute atomic E-state index is 0.167. The van der Waals surface area contributed by atoms with E-state index in [0.717, 1.165) is 24.1 Å². The van der Waals surface area contributed by atoms with E-state index in [2.05, 4.69) is 5.10 Å². The molecule has 6 nitrogen and oxygen atoms in total. The lowest BCUT2D eigenvalue weighted by Gasteiger charge is -2.36. The van der Waals surface area contributed by atoms with Gasteiger partial charge in [0.15, 0.2) is 0 Å². The van der Waals surface area contributed by atoms with Crippen molar-refractivity contribution in [3.63, 3.8) is 0 Å². The summed E-state index contributed by atoms with van der Waals surface area (Å²) in [5, 5.41) is 4.38. The van der Waals surface area contributed by atoms with Crippen LogP contribution >= 0.6 is 11.6 Å². The second-order valence-corrected chi connectivity index (χ2v) is 9.42. The molecule has 2 fully saturated rings. The summed E-state index contributed by atoms with van der Waals surface area (Å²) in [7, 11) is -0.0691. The Morgan fingerprint density at radius 1 is 1.19 bits per heavy atom. The van der Waals surface area contributed by atoms with Gasteiger partial charge >= 0.3 is 0 Å². The van der Waals surface area contributed by atoms with E-state index in [1.807, 2.05) is 13.1 Å². The second kappa shape index (κ2) is 6.64. The molecular formula is C18H22ClN3O3S. The number of piperidine rings is 1. The van der Waals surface area contributed by atoms with Crippen LogP contribution in [-0.2, 0) is 21.8 Å². The molecule has 0 spiro atoms. The van der Waals surface area contributed by atoms with Gasteiger partial charge in [-0.05, 0) is 42.9 Å². The molecule has 0 radical (unpaired) electrons. The van der Waals surface area contributed by atoms with Gasteiger partial charge in [-0.2, -0.15) is 9.40 Å². The molecule has 2 heterocycles. The normalized spacial score (nSPS) is 26.3. The lowest BCUT2D eigenvalue weighted by molar-refractivity contribution is 0.00395. The average Bonchev–Trinajstić information content (AvgIpc) is 3.14. The summed E-state index contributed by atoms with van der Waals surface area (Å²) in [4.78, 5) is 0.167. The number of methoxy groups -OCH3 is 1. The number of hydrogen-bond acceptors (Lipinski definition) is 4. The van der Waals surface area contributed by atoms with Crippen LogP contribution in [0.1, 0.15) is 12.8 Å². The number of sulfonamides is 1. The van der Waals surface area contributed by atoms with Crippen LogP contribution in [0.5, 0.6) is 0 Å². The van der Waals surface area contributed by atoms with E-state index in [1.54, 1.807) is 40.5 Å². The maximum Gasteiger partial charge on any atom is 0.244 e. The molecule has 2 aromatic rings. The summed E-state index contributed by atoms with van der Waals surface area (Å²) in [5.74, 6) is 0.530. The lowest BCUT2D eigenvalue weighted by Crippen LogP contribution is -2.47. The van der Waals surface area contributed by atoms with Crippen LogP contribution in [0.15, 0.2) is 35.4 Å². The topological polar surface area (TPSA) is 64.4 Å². The molecule has 1 saturated heterocycles. The molecule has 1 saturated carbocycles. The smallest absolute Gasteiger partial charge is 0.244 e. The first-order valence-electron chi connectivity index (χ1n) is 8.72. The minimum Gasteiger partial charge on any atom is -0.381 e. The van der Waals surface area contributed by atoms with E-state index < -0.39 is 10.0 Å². The van der Waals surface area contributed by atoms with Crippen LogP contribution in [0.3, 0.4) is 0 Å². The molecule has 140 valence electrons. The maximum atomic E-state index is 13.2. The highest BCUT2D eigenvalue weighted by atomic mass is 35.5. The first-order valence-corrected chi connectivity index (χ1v) is 10.5. The Hall–Kier alpha value is -1.41. The SMILES string of the molecule is COC1[C@@H]2CC[C@H]1CN(S(=O)(=O)c1ccc(-c3ccnn3C)cc1Cl)C2. The van der Waals surface area contributed by atoms with Gasteiger partial charge in [0.05, 0.1) is 16.8 Å². The average molecular weight is 396 g/mol. The van der Waals surface area contributed by atoms with Crippen molar-refractivity contribution in [1.82, 2.24) is 14.1 Å². The fraction of sp³-hybridized carbons (Fsp3) is 0.500. The third-order valence-electron chi connectivity index (χ3n) is 5.65. The van der Waals surface area contributed by atoms with Crippen LogP contribution in [-0.4, -0.2) is 48.8 Å². The van der Waals surface area contributed by atoms with Gasteiger partial charge in [-0.25, -0.2) is 8.42 Å². The Balaban J connectivity index is 1.64. The first-order chi connectivity index (χ1) is 12.4. The number of nitrogens with zero attached hydrogens (tertiary/aromatic N) is 3. The third kappa shape index (κ3) is 2.87. The van der Waals surface area contributed by atoms with Crippen molar-refractivity contribution in [2.75, 3.05) is 20.2 Å². The standard InChI is InChI=1S/C18H22ClN3O3S/c1-21-16(7-8-20-21)12-5-6-17(15(19)9-12)26(23,24)22-10-13-3-4-14(11-22)18(13)25-2/h5-9,13-14,18H,3-4,10-11H2,1-2H3/t13-,14+,18?. The third-order valence-corrected chi connectivity index (χ3v) is 7.97. The van der Waals surface area contributed by atoms with Crippen molar-refractivity contribution in [1.29, 1.82) is 0 Å². The van der Waals surface area contributed by atoms with Crippen molar-refractivity contribution in [3.05, 3.63) is 35.5 Å². The quantitative estimate of drug-likeness (QED) is 0.798. The lowest BCUT2D eigenvalue weighted by atomic mass is 9.97. The summed E-state index contributed by atoms with van der Waals surface area (Å²) >= 11 is 6.39. The summed E-state index contributed by atoms with van der Waals surface area (Å²) in [6.07, 6.45) is 3.90. The van der Waals surface area contributed by atoms with Crippen molar-refractivity contribution in [2.45, 2.75) is 23.8 Å². The van der Waals surface area contributed by atoms with E-state index >= 15 is 0 Å². The number of ether oxygens (including phenoxy) is 1. The zero-order valence-electron chi connectivity index (χ0n) is 14.8. The van der Waals surface area contributed by atoms with Gasteiger partial charge in [-0.15, -0.1) is 0 Å². The monoisotopic (exact) mass is 395 g/mol. The predicted octanol–water partition coefficient (Wildman–Crippen LogP) is 2.79. The largest absolute Gasteiger partial charge is 0.381 e. The number of benzene rings is 1. The Morgan fingerprint density at radius 2 is 1.88 bits per heavy atom. The van der Waals surface area contributed by atoms with Crippen molar-refractivity contribution in [3.8, 4) is 11.3 Å². The van der Waals surface area contributed by atoms with Crippen LogP contribution in [0.25, 0.3) is 11.3 Å². The number of fused-ring (bicyclic) bond motifs is 2. The molecule has 3 atom stereocenters. The van der Waals surface area contributed by atoms with E-state index in [1.165, 1.54) is 0 Å². The van der Waals surface area contributed by atoms with Gasteiger partial charge < -0.3 is 4.74 Å². The van der Waals surface area contributed by atoms with Gasteiger partial charge in [0.25, 0.3) is 0 Å². The van der Waals surface area contributed by atoms with Crippen molar-refractivity contribution >= 4 is 21.6 Å². The van der Waals surface area contributed by atoms with Crippen molar-refractivity contribution < 1.29 is 13.2 Å². The predicted molar refractivity (Wildman–Crippen MR) is 99.4 cm³/mol. The summed E-state index contributed by atoms with van der Waals surface area (Å²) in [5.41, 5.74) is 1.72. The molecule has 1 aromatic carbocycles. The zero-order chi connectivity index (χ0) is 18.5. The fourth-order valence-electron chi connectivity index (χ4n) is 4.38. The van der Waals surface area contributed by atoms with Gasteiger partial charge in [-0.1, -0.05) is 17.7 Å². The maximum absolute atomic E-state index is 13.2. The Bertz CT molecular complexity index is 914. The van der Waals surface area contributed by atoms with Gasteiger partial charge in [0.2, 0.25) is 10.0 Å².